The van der Waals surface area contributed by atoms with E-state index in [-0.39, 0.29) is 59.6 Å². The molecule has 3 aliphatic rings. The maximum atomic E-state index is 14.2. The number of hydrogen-bond acceptors (Lipinski definition) is 10. The number of para-hydroxylation sites is 2. The minimum atomic E-state index is -4.78. The minimum absolute atomic E-state index is 0.0268. The van der Waals surface area contributed by atoms with E-state index >= 15 is 0 Å². The number of allylic oxidation sites excluding steroid dienone is 4. The van der Waals surface area contributed by atoms with Gasteiger partial charge in [0.1, 0.15) is 25.2 Å². The zero-order chi connectivity index (χ0) is 60.5. The van der Waals surface area contributed by atoms with Gasteiger partial charge in [0.25, 0.3) is 5.91 Å². The number of aliphatic hydroxyl groups excluding tert-OH is 1. The molecule has 3 aliphatic heterocycles. The Bertz CT molecular complexity index is 2940. The molecule has 0 saturated carbocycles. The van der Waals surface area contributed by atoms with Gasteiger partial charge in [0.15, 0.2) is 5.71 Å². The fourth-order valence-electron chi connectivity index (χ4n) is 11.0. The minimum Gasteiger partial charge on any atom is -0.481 e. The number of carboxylic acids is 1. The number of carboxylic acid groups (broad SMARTS) is 1. The molecule has 3 aromatic carbocycles. The number of benzene rings is 3. The van der Waals surface area contributed by atoms with Gasteiger partial charge in [-0.3, -0.25) is 28.8 Å². The number of fused-ring (bicyclic) bond motifs is 2. The number of unbranched alkanes of at least 4 members (excludes halogenated alkanes) is 2. The van der Waals surface area contributed by atoms with Crippen LogP contribution in [0, 0.1) is 17.8 Å². The van der Waals surface area contributed by atoms with E-state index in [0.29, 0.717) is 25.8 Å². The van der Waals surface area contributed by atoms with Crippen molar-refractivity contribution in [3.05, 3.63) is 119 Å². The van der Waals surface area contributed by atoms with Crippen LogP contribution in [-0.2, 0) is 40.5 Å². The van der Waals surface area contributed by atoms with Crippen LogP contribution in [0.5, 0.6) is 0 Å². The zero-order valence-corrected chi connectivity index (χ0v) is 49.1. The number of aliphatic hydroxyl groups is 1. The highest BCUT2D eigenvalue weighted by Crippen LogP contribution is 2.52. The molecule has 0 saturated heterocycles. The van der Waals surface area contributed by atoms with E-state index in [1.807, 2.05) is 19.9 Å². The first kappa shape index (κ1) is 64.0. The molecule has 5 atom stereocenters. The molecule has 0 aliphatic carbocycles. The molecule has 7 N–H and O–H groups in total. The summed E-state index contributed by atoms with van der Waals surface area (Å²) < 4.78 is 43.5. The van der Waals surface area contributed by atoms with Crippen LogP contribution in [0.1, 0.15) is 148 Å². The molecule has 0 bridgehead atoms. The number of halogens is 3. The van der Waals surface area contributed by atoms with Crippen LogP contribution in [0.4, 0.5) is 24.5 Å². The third-order valence-electron chi connectivity index (χ3n) is 15.8. The van der Waals surface area contributed by atoms with Crippen molar-refractivity contribution in [3.63, 3.8) is 0 Å². The number of carbonyl (C=O) groups is 6. The summed E-state index contributed by atoms with van der Waals surface area (Å²) in [5.41, 5.74) is 3.78. The van der Waals surface area contributed by atoms with Crippen LogP contribution in [0.3, 0.4) is 0 Å². The van der Waals surface area contributed by atoms with Crippen molar-refractivity contribution >= 4 is 52.6 Å². The van der Waals surface area contributed by atoms with E-state index in [9.17, 15) is 52.2 Å². The van der Waals surface area contributed by atoms with Gasteiger partial charge in [-0.25, -0.2) is 0 Å². The standard InChI is InChI=1S/C62H82F3N9O8/c1-37(2)35-45(48(75)36-52(77)78)68-57(81)53(38(3)4)70-58(82)54(39(5)6)69-56(80)44(67-55(79)40-29-31-41(32-30-40)61(71-72-61)62(63,64)65)23-16-18-33-66-51(76)28-17-19-34-74-47-25-15-13-22-43(47)60(9,10)50(74)27-20-26-49-59(7,8)42-21-12-14-24-46(42)73(49)11/h12-15,20-22,24-27,29-32,37-39,44-45,48,53-54,75H,16-19,23,28,33-36H2,1-11H3,(H5-,66,67,68,69,70,76,77,78,79,80,81,82)/p+1/t44-,45-,48+,53-,54-/m0/s1. The molecule has 82 heavy (non-hydrogen) atoms. The van der Waals surface area contributed by atoms with Crippen molar-refractivity contribution < 1.29 is 56.7 Å². The first-order valence-corrected chi connectivity index (χ1v) is 28.5. The fraction of sp³-hybridized carbons (Fsp3) is 0.532. The van der Waals surface area contributed by atoms with Crippen molar-refractivity contribution in [1.82, 2.24) is 26.6 Å². The molecule has 0 fully saturated rings. The highest BCUT2D eigenvalue weighted by molar-refractivity contribution is 6.03. The first-order chi connectivity index (χ1) is 38.5. The molecule has 0 aromatic heterocycles. The second-order valence-corrected chi connectivity index (χ2v) is 23.9. The second kappa shape index (κ2) is 26.8. The number of anilines is 1. The number of alkyl halides is 3. The van der Waals surface area contributed by atoms with Gasteiger partial charge in [-0.1, -0.05) is 110 Å². The Morgan fingerprint density at radius 2 is 1.33 bits per heavy atom. The van der Waals surface area contributed by atoms with Crippen molar-refractivity contribution in [2.24, 2.45) is 28.0 Å². The highest BCUT2D eigenvalue weighted by Gasteiger charge is 2.65. The molecule has 17 nitrogen and oxygen atoms in total. The smallest absolute Gasteiger partial charge is 0.442 e. The van der Waals surface area contributed by atoms with Gasteiger partial charge in [-0.15, -0.1) is 10.2 Å². The summed E-state index contributed by atoms with van der Waals surface area (Å²) in [6, 6.07) is 16.8. The highest BCUT2D eigenvalue weighted by atomic mass is 19.4. The zero-order valence-electron chi connectivity index (χ0n) is 49.1. The Labute approximate surface area is 479 Å². The van der Waals surface area contributed by atoms with Gasteiger partial charge in [0.05, 0.1) is 24.0 Å². The van der Waals surface area contributed by atoms with Crippen LogP contribution >= 0.6 is 0 Å². The lowest BCUT2D eigenvalue weighted by Gasteiger charge is -2.31. The van der Waals surface area contributed by atoms with Crippen LogP contribution in [0.2, 0.25) is 0 Å². The van der Waals surface area contributed by atoms with Crippen LogP contribution in [-0.4, -0.2) is 113 Å². The molecule has 20 heteroatoms. The van der Waals surface area contributed by atoms with E-state index in [0.717, 1.165) is 24.2 Å². The van der Waals surface area contributed by atoms with Gasteiger partial charge in [-0.2, -0.15) is 17.7 Å². The molecule has 0 spiro atoms. The molecule has 3 heterocycles. The maximum Gasteiger partial charge on any atom is 0.442 e. The number of nitrogens with zero attached hydrogens (tertiary/aromatic N) is 4. The van der Waals surface area contributed by atoms with Crippen LogP contribution in [0.25, 0.3) is 0 Å². The number of hydrogen-bond donors (Lipinski definition) is 7. The quantitative estimate of drug-likeness (QED) is 0.0271. The number of carbonyl (C=O) groups excluding carboxylic acids is 5. The summed E-state index contributed by atoms with van der Waals surface area (Å²) in [6.45, 7) is 20.4. The molecule has 3 aromatic rings. The van der Waals surface area contributed by atoms with Gasteiger partial charge < -0.3 is 41.7 Å². The van der Waals surface area contributed by atoms with Gasteiger partial charge in [0, 0.05) is 65.1 Å². The Kier molecular flexibility index (Phi) is 20.9. The van der Waals surface area contributed by atoms with Gasteiger partial charge in [-0.05, 0) is 100.0 Å². The Hall–Kier alpha value is -7.22. The maximum absolute atomic E-state index is 14.2. The number of nitrogens with one attached hydrogen (secondary N) is 5. The van der Waals surface area contributed by atoms with Crippen molar-refractivity contribution in [2.45, 2.75) is 174 Å². The lowest BCUT2D eigenvalue weighted by molar-refractivity contribution is -0.401. The SMILES string of the molecule is CC(C)C[C@H](NC(=O)[C@@H](NC(=O)[C@@H](NC(=O)[C@H](CCCCNC(=O)CCCCN1/C(=C/C=C/C2=[N+](C)c3ccccc3C2(C)C)C(C)(C)c2ccccc21)NC(=O)c1ccc(C2(C(F)(F)F)N=N2)cc1)C(C)C)C(C)C)[C@H](O)CC(=O)O. The summed E-state index contributed by atoms with van der Waals surface area (Å²) in [5, 5.41) is 40.2. The molecule has 6 rings (SSSR count). The summed E-state index contributed by atoms with van der Waals surface area (Å²) in [6.07, 6.45) is 2.45. The summed E-state index contributed by atoms with van der Waals surface area (Å²) in [7, 11) is 2.11. The number of amides is 5. The Balaban J connectivity index is 1.07. The topological polar surface area (TPSA) is 234 Å². The third kappa shape index (κ3) is 15.1. The number of aliphatic carboxylic acids is 1. The predicted octanol–water partition coefficient (Wildman–Crippen LogP) is 9.01. The van der Waals surface area contributed by atoms with E-state index < -0.39 is 90.0 Å². The first-order valence-electron chi connectivity index (χ1n) is 28.5. The monoisotopic (exact) mass is 1140 g/mol. The lowest BCUT2D eigenvalue weighted by Crippen LogP contribution is -2.60. The second-order valence-electron chi connectivity index (χ2n) is 23.9. The predicted molar refractivity (Wildman–Crippen MR) is 309 cm³/mol. The Morgan fingerprint density at radius 1 is 0.732 bits per heavy atom. The van der Waals surface area contributed by atoms with E-state index in [2.05, 4.69) is 142 Å². The molecular weight excluding hydrogens is 1060 g/mol. The molecule has 0 radical (unpaired) electrons. The van der Waals surface area contributed by atoms with Gasteiger partial charge >= 0.3 is 17.8 Å². The summed E-state index contributed by atoms with van der Waals surface area (Å²) in [4.78, 5) is 82.6. The average molecular weight is 1140 g/mol. The van der Waals surface area contributed by atoms with E-state index in [1.54, 1.807) is 27.7 Å². The van der Waals surface area contributed by atoms with Crippen LogP contribution < -0.4 is 31.5 Å². The largest absolute Gasteiger partial charge is 0.481 e. The molecular formula is C62H83F3N9O8+. The van der Waals surface area contributed by atoms with Crippen molar-refractivity contribution in [2.75, 3.05) is 25.0 Å². The van der Waals surface area contributed by atoms with Crippen molar-refractivity contribution in [3.8, 4) is 0 Å². The summed E-state index contributed by atoms with van der Waals surface area (Å²) >= 11 is 0. The molecule has 444 valence electrons. The van der Waals surface area contributed by atoms with Gasteiger partial charge in [0.2, 0.25) is 29.3 Å². The van der Waals surface area contributed by atoms with Crippen molar-refractivity contribution in [1.29, 1.82) is 0 Å². The van der Waals surface area contributed by atoms with Crippen LogP contribution in [0.15, 0.2) is 107 Å². The van der Waals surface area contributed by atoms with E-state index in [1.165, 1.54) is 40.4 Å². The number of rotatable bonds is 28. The lowest BCUT2D eigenvalue weighted by atomic mass is 9.81. The van der Waals surface area contributed by atoms with E-state index in [4.69, 9.17) is 0 Å². The third-order valence-corrected chi connectivity index (χ3v) is 15.8. The normalized spacial score (nSPS) is 18.0. The Morgan fingerprint density at radius 3 is 1.91 bits per heavy atom. The average Bonchev–Trinajstić information content (AvgIpc) is 2.68. The molecule has 5 amide bonds. The summed E-state index contributed by atoms with van der Waals surface area (Å²) in [5.74, 6) is -5.35. The fourth-order valence-corrected chi connectivity index (χ4v) is 11.0. The molecule has 0 unspecified atom stereocenters.